The van der Waals surface area contributed by atoms with E-state index >= 15 is 0 Å². The van der Waals surface area contributed by atoms with E-state index in [4.69, 9.17) is 0 Å². The fraction of sp³-hybridized carbons (Fsp3) is 0.444. The summed E-state index contributed by atoms with van der Waals surface area (Å²) in [6, 6.07) is 0. The van der Waals surface area contributed by atoms with Gasteiger partial charge in [0.1, 0.15) is 0 Å². The minimum Gasteiger partial charge on any atom is -0.246 e. The van der Waals surface area contributed by atoms with E-state index in [1.165, 1.54) is 5.01 Å². The van der Waals surface area contributed by atoms with Gasteiger partial charge >= 0.3 is 0 Å². The van der Waals surface area contributed by atoms with Crippen LogP contribution in [0.15, 0.2) is 11.6 Å². The van der Waals surface area contributed by atoms with Gasteiger partial charge in [-0.15, -0.1) is 16.4 Å². The fourth-order valence-electron chi connectivity index (χ4n) is 1.23. The first-order chi connectivity index (χ1) is 7.31. The number of alkyl halides is 1. The van der Waals surface area contributed by atoms with Gasteiger partial charge < -0.3 is 0 Å². The van der Waals surface area contributed by atoms with Gasteiger partial charge in [0.2, 0.25) is 0 Å². The lowest BCUT2D eigenvalue weighted by molar-refractivity contribution is 0.639. The molecule has 0 N–H and O–H groups in total. The third-order valence-electron chi connectivity index (χ3n) is 1.95. The molecule has 0 fully saturated rings. The first-order valence-corrected chi connectivity index (χ1v) is 6.70. The Bertz CT molecular complexity index is 397. The predicted molar refractivity (Wildman–Crippen MR) is 63.2 cm³/mol. The second-order valence-corrected chi connectivity index (χ2v) is 4.63. The van der Waals surface area contributed by atoms with Gasteiger partial charge in [-0.05, 0) is 6.42 Å². The van der Waals surface area contributed by atoms with Crippen molar-refractivity contribution in [1.29, 1.82) is 0 Å². The predicted octanol–water partition coefficient (Wildman–Crippen LogP) is 2.24. The zero-order chi connectivity index (χ0) is 10.7. The van der Waals surface area contributed by atoms with E-state index in [1.54, 1.807) is 11.3 Å². The van der Waals surface area contributed by atoms with Crippen LogP contribution in [0.4, 0.5) is 0 Å². The van der Waals surface area contributed by atoms with Crippen LogP contribution in [-0.2, 0) is 18.3 Å². The van der Waals surface area contributed by atoms with Gasteiger partial charge in [0.15, 0.2) is 0 Å². The molecule has 0 atom stereocenters. The SMILES string of the molecule is CCc1nc(Cn2cc(CBr)nn2)cs1. The van der Waals surface area contributed by atoms with Crippen LogP contribution in [0.25, 0.3) is 0 Å². The summed E-state index contributed by atoms with van der Waals surface area (Å²) in [5.74, 6) is 0. The summed E-state index contributed by atoms with van der Waals surface area (Å²) in [6.07, 6.45) is 2.92. The molecule has 0 saturated heterocycles. The summed E-state index contributed by atoms with van der Waals surface area (Å²) < 4.78 is 1.81. The van der Waals surface area contributed by atoms with Gasteiger partial charge in [-0.1, -0.05) is 28.1 Å². The van der Waals surface area contributed by atoms with Crippen molar-refractivity contribution in [3.8, 4) is 0 Å². The van der Waals surface area contributed by atoms with E-state index in [-0.39, 0.29) is 0 Å². The lowest BCUT2D eigenvalue weighted by atomic mass is 10.4. The van der Waals surface area contributed by atoms with Crippen LogP contribution >= 0.6 is 27.3 Å². The quantitative estimate of drug-likeness (QED) is 0.810. The number of aromatic nitrogens is 4. The molecule has 0 aliphatic carbocycles. The second-order valence-electron chi connectivity index (χ2n) is 3.13. The third-order valence-corrected chi connectivity index (χ3v) is 3.57. The zero-order valence-electron chi connectivity index (χ0n) is 8.35. The van der Waals surface area contributed by atoms with Gasteiger partial charge in [-0.2, -0.15) is 0 Å². The normalized spacial score (nSPS) is 10.8. The standard InChI is InChI=1S/C9H11BrN4S/c1-2-9-11-8(6-15-9)5-14-4-7(3-10)12-13-14/h4,6H,2-3,5H2,1H3. The molecule has 2 heterocycles. The van der Waals surface area contributed by atoms with Crippen molar-refractivity contribution in [3.63, 3.8) is 0 Å². The summed E-state index contributed by atoms with van der Waals surface area (Å²) in [5.41, 5.74) is 2.00. The number of rotatable bonds is 4. The van der Waals surface area contributed by atoms with Crippen LogP contribution in [0.1, 0.15) is 23.3 Å². The van der Waals surface area contributed by atoms with Gasteiger partial charge in [0.25, 0.3) is 0 Å². The Morgan fingerprint density at radius 3 is 2.93 bits per heavy atom. The highest BCUT2D eigenvalue weighted by Gasteiger charge is 2.03. The number of thiazole rings is 1. The molecule has 0 unspecified atom stereocenters. The van der Waals surface area contributed by atoms with Gasteiger partial charge in [-0.25, -0.2) is 9.67 Å². The first-order valence-electron chi connectivity index (χ1n) is 4.70. The maximum absolute atomic E-state index is 4.48. The molecule has 2 rings (SSSR count). The van der Waals surface area contributed by atoms with Crippen LogP contribution in [0.5, 0.6) is 0 Å². The highest BCUT2D eigenvalue weighted by Crippen LogP contribution is 2.11. The Balaban J connectivity index is 2.07. The van der Waals surface area contributed by atoms with Crippen molar-refractivity contribution >= 4 is 27.3 Å². The van der Waals surface area contributed by atoms with Crippen LogP contribution in [0.3, 0.4) is 0 Å². The van der Waals surface area contributed by atoms with Gasteiger partial charge in [0, 0.05) is 16.9 Å². The molecule has 0 saturated carbocycles. The highest BCUT2D eigenvalue weighted by molar-refractivity contribution is 9.08. The van der Waals surface area contributed by atoms with Crippen LogP contribution in [-0.4, -0.2) is 20.0 Å². The Morgan fingerprint density at radius 2 is 2.33 bits per heavy atom. The van der Waals surface area contributed by atoms with Crippen LogP contribution in [0, 0.1) is 0 Å². The largest absolute Gasteiger partial charge is 0.246 e. The third kappa shape index (κ3) is 2.63. The molecule has 0 aliphatic rings. The van der Waals surface area contributed by atoms with E-state index in [0.29, 0.717) is 6.54 Å². The number of nitrogens with zero attached hydrogens (tertiary/aromatic N) is 4. The van der Waals surface area contributed by atoms with E-state index in [9.17, 15) is 0 Å². The average molecular weight is 287 g/mol. The lowest BCUT2D eigenvalue weighted by Gasteiger charge is -1.94. The van der Waals surface area contributed by atoms with Gasteiger partial charge in [-0.3, -0.25) is 0 Å². The Hall–Kier alpha value is -0.750. The van der Waals surface area contributed by atoms with Crippen molar-refractivity contribution in [3.05, 3.63) is 28.0 Å². The fourth-order valence-corrected chi connectivity index (χ4v) is 2.22. The minimum atomic E-state index is 0.705. The van der Waals surface area contributed by atoms with Crippen LogP contribution in [0.2, 0.25) is 0 Å². The van der Waals surface area contributed by atoms with Crippen molar-refractivity contribution in [1.82, 2.24) is 20.0 Å². The summed E-state index contributed by atoms with van der Waals surface area (Å²) in [5, 5.41) is 12.0. The van der Waals surface area contributed by atoms with Crippen LogP contribution < -0.4 is 0 Å². The molecule has 0 radical (unpaired) electrons. The topological polar surface area (TPSA) is 43.6 Å². The Kier molecular flexibility index (Phi) is 3.48. The molecule has 2 aromatic rings. The Labute approximate surface area is 100 Å². The average Bonchev–Trinajstić information content (AvgIpc) is 2.87. The summed E-state index contributed by atoms with van der Waals surface area (Å²) in [7, 11) is 0. The molecule has 2 aromatic heterocycles. The van der Waals surface area contributed by atoms with Gasteiger partial charge in [0.05, 0.1) is 22.9 Å². The molecule has 0 spiro atoms. The summed E-state index contributed by atoms with van der Waals surface area (Å²) in [6.45, 7) is 2.82. The molecule has 0 amide bonds. The zero-order valence-corrected chi connectivity index (χ0v) is 10.8. The molecule has 15 heavy (non-hydrogen) atoms. The first kappa shape index (κ1) is 10.8. The number of halogens is 1. The summed E-state index contributed by atoms with van der Waals surface area (Å²) >= 11 is 5.04. The monoisotopic (exact) mass is 286 g/mol. The molecule has 4 nitrogen and oxygen atoms in total. The molecule has 0 bridgehead atoms. The molecule has 0 aromatic carbocycles. The maximum atomic E-state index is 4.48. The Morgan fingerprint density at radius 1 is 1.47 bits per heavy atom. The highest BCUT2D eigenvalue weighted by atomic mass is 79.9. The molecule has 6 heteroatoms. The summed E-state index contributed by atoms with van der Waals surface area (Å²) in [4.78, 5) is 4.48. The van der Waals surface area contributed by atoms with E-state index in [1.807, 2.05) is 10.9 Å². The van der Waals surface area contributed by atoms with E-state index in [0.717, 1.165) is 23.1 Å². The second kappa shape index (κ2) is 4.85. The molecular formula is C9H11BrN4S. The number of hydrogen-bond donors (Lipinski definition) is 0. The maximum Gasteiger partial charge on any atom is 0.0932 e. The number of hydrogen-bond acceptors (Lipinski definition) is 4. The molecule has 0 aliphatic heterocycles. The molecular weight excluding hydrogens is 276 g/mol. The minimum absolute atomic E-state index is 0.705. The van der Waals surface area contributed by atoms with E-state index in [2.05, 4.69) is 43.5 Å². The van der Waals surface area contributed by atoms with Crippen molar-refractivity contribution in [2.45, 2.75) is 25.2 Å². The van der Waals surface area contributed by atoms with E-state index < -0.39 is 0 Å². The molecule has 80 valence electrons. The van der Waals surface area contributed by atoms with Crippen molar-refractivity contribution in [2.75, 3.05) is 0 Å². The smallest absolute Gasteiger partial charge is 0.0932 e. The lowest BCUT2D eigenvalue weighted by Crippen LogP contribution is -2.00. The van der Waals surface area contributed by atoms with Crippen molar-refractivity contribution in [2.24, 2.45) is 0 Å². The number of aryl methyl sites for hydroxylation is 1. The van der Waals surface area contributed by atoms with Crippen molar-refractivity contribution < 1.29 is 0 Å².